The van der Waals surface area contributed by atoms with Gasteiger partial charge in [-0.25, -0.2) is 4.68 Å². The largest absolute Gasteiger partial charge is 0.295 e. The van der Waals surface area contributed by atoms with Crippen LogP contribution >= 0.6 is 50.7 Å². The molecule has 1 heterocycles. The van der Waals surface area contributed by atoms with E-state index in [-0.39, 0.29) is 15.7 Å². The molecule has 2 N–H and O–H groups in total. The smallest absolute Gasteiger partial charge is 0.292 e. The van der Waals surface area contributed by atoms with E-state index in [9.17, 15) is 4.79 Å². The second-order valence-electron chi connectivity index (χ2n) is 5.24. The Bertz CT molecular complexity index is 969. The Balaban J connectivity index is 1.79. The third kappa shape index (κ3) is 3.96. The van der Waals surface area contributed by atoms with E-state index < -0.39 is 5.91 Å². The first kappa shape index (κ1) is 19.0. The number of hydrogen-bond acceptors (Lipinski definition) is 4. The van der Waals surface area contributed by atoms with Crippen molar-refractivity contribution in [3.63, 3.8) is 0 Å². The second-order valence-corrected chi connectivity index (χ2v) is 7.41. The summed E-state index contributed by atoms with van der Waals surface area (Å²) in [7, 11) is 0. The Hall–Kier alpha value is -1.80. The minimum atomic E-state index is -0.481. The summed E-state index contributed by atoms with van der Waals surface area (Å²) in [6.45, 7) is 1.75. The van der Waals surface area contributed by atoms with Crippen molar-refractivity contribution in [1.29, 1.82) is 0 Å². The van der Waals surface area contributed by atoms with Gasteiger partial charge in [-0.1, -0.05) is 62.0 Å². The molecular formula is C16H11BrCl3N5O. The predicted molar refractivity (Wildman–Crippen MR) is 106 cm³/mol. The summed E-state index contributed by atoms with van der Waals surface area (Å²) in [6.07, 6.45) is 0. The van der Waals surface area contributed by atoms with Crippen LogP contribution in [-0.4, -0.2) is 20.9 Å². The van der Waals surface area contributed by atoms with Gasteiger partial charge in [0.15, 0.2) is 5.69 Å². The molecule has 3 aromatic rings. The molecule has 3 rings (SSSR count). The first-order valence-electron chi connectivity index (χ1n) is 7.26. The number of nitrogens with one attached hydrogen (secondary N) is 2. The van der Waals surface area contributed by atoms with Crippen molar-refractivity contribution in [1.82, 2.24) is 20.4 Å². The van der Waals surface area contributed by atoms with E-state index in [1.807, 2.05) is 24.3 Å². The first-order chi connectivity index (χ1) is 12.4. The number of hydrogen-bond donors (Lipinski definition) is 2. The monoisotopic (exact) mass is 473 g/mol. The van der Waals surface area contributed by atoms with Gasteiger partial charge in [0.25, 0.3) is 5.91 Å². The maximum atomic E-state index is 12.4. The van der Waals surface area contributed by atoms with Gasteiger partial charge >= 0.3 is 0 Å². The topological polar surface area (TPSA) is 71.8 Å². The zero-order chi connectivity index (χ0) is 18.8. The van der Waals surface area contributed by atoms with E-state index in [1.165, 1.54) is 12.1 Å². The Morgan fingerprint density at radius 3 is 2.50 bits per heavy atom. The second kappa shape index (κ2) is 7.84. The average Bonchev–Trinajstić information content (AvgIpc) is 2.95. The highest BCUT2D eigenvalue weighted by Gasteiger charge is 2.18. The van der Waals surface area contributed by atoms with Crippen LogP contribution in [0, 0.1) is 6.92 Å². The third-order valence-corrected chi connectivity index (χ3v) is 4.78. The molecular weight excluding hydrogens is 464 g/mol. The molecule has 0 aliphatic carbocycles. The van der Waals surface area contributed by atoms with Gasteiger partial charge in [0.05, 0.1) is 27.1 Å². The minimum absolute atomic E-state index is 0.165. The Morgan fingerprint density at radius 2 is 1.85 bits per heavy atom. The summed E-state index contributed by atoms with van der Waals surface area (Å²) in [4.78, 5) is 12.4. The van der Waals surface area contributed by atoms with Crippen LogP contribution in [0.25, 0.3) is 5.69 Å². The fourth-order valence-electron chi connectivity index (χ4n) is 2.23. The molecule has 0 saturated heterocycles. The van der Waals surface area contributed by atoms with Crippen LogP contribution in [0.15, 0.2) is 40.9 Å². The normalized spacial score (nSPS) is 10.7. The maximum Gasteiger partial charge on any atom is 0.292 e. The van der Waals surface area contributed by atoms with Crippen LogP contribution in [-0.2, 0) is 0 Å². The lowest BCUT2D eigenvalue weighted by Crippen LogP contribution is -2.30. The van der Waals surface area contributed by atoms with Gasteiger partial charge < -0.3 is 0 Å². The highest BCUT2D eigenvalue weighted by Crippen LogP contribution is 2.33. The molecule has 0 radical (unpaired) electrons. The number of carbonyl (C=O) groups excluding carboxylic acids is 1. The summed E-state index contributed by atoms with van der Waals surface area (Å²) < 4.78 is 2.46. The fourth-order valence-corrected chi connectivity index (χ4v) is 3.53. The molecule has 0 atom stereocenters. The number of anilines is 1. The summed E-state index contributed by atoms with van der Waals surface area (Å²) in [5, 5.41) is 8.93. The zero-order valence-electron chi connectivity index (χ0n) is 13.2. The van der Waals surface area contributed by atoms with Gasteiger partial charge in [-0.3, -0.25) is 15.6 Å². The first-order valence-corrected chi connectivity index (χ1v) is 9.18. The van der Waals surface area contributed by atoms with Crippen LogP contribution in [0.5, 0.6) is 0 Å². The molecule has 134 valence electrons. The average molecular weight is 476 g/mol. The summed E-state index contributed by atoms with van der Waals surface area (Å²) in [5.74, 6) is -0.481. The molecule has 0 saturated carbocycles. The van der Waals surface area contributed by atoms with Crippen molar-refractivity contribution in [2.45, 2.75) is 6.92 Å². The van der Waals surface area contributed by atoms with E-state index in [1.54, 1.807) is 11.6 Å². The Morgan fingerprint density at radius 1 is 1.15 bits per heavy atom. The van der Waals surface area contributed by atoms with Gasteiger partial charge in [-0.05, 0) is 37.3 Å². The number of amides is 1. The van der Waals surface area contributed by atoms with Crippen LogP contribution in [0.3, 0.4) is 0 Å². The van der Waals surface area contributed by atoms with E-state index in [0.29, 0.717) is 16.4 Å². The Kier molecular flexibility index (Phi) is 5.72. The van der Waals surface area contributed by atoms with Gasteiger partial charge in [0.2, 0.25) is 0 Å². The number of nitrogens with zero attached hydrogens (tertiary/aromatic N) is 3. The van der Waals surface area contributed by atoms with Crippen LogP contribution < -0.4 is 10.9 Å². The highest BCUT2D eigenvalue weighted by atomic mass is 79.9. The molecule has 0 aliphatic rings. The molecule has 0 aliphatic heterocycles. The van der Waals surface area contributed by atoms with Gasteiger partial charge in [-0.15, -0.1) is 5.10 Å². The Labute approximate surface area is 172 Å². The van der Waals surface area contributed by atoms with Gasteiger partial charge in [0, 0.05) is 9.50 Å². The predicted octanol–water partition coefficient (Wildman–Crippen LogP) is 5.06. The van der Waals surface area contributed by atoms with Gasteiger partial charge in [0.1, 0.15) is 0 Å². The van der Waals surface area contributed by atoms with Crippen molar-refractivity contribution >= 4 is 62.3 Å². The number of halogens is 4. The van der Waals surface area contributed by atoms with E-state index in [4.69, 9.17) is 34.8 Å². The molecule has 0 spiro atoms. The van der Waals surface area contributed by atoms with E-state index in [2.05, 4.69) is 37.1 Å². The summed E-state index contributed by atoms with van der Waals surface area (Å²) in [5.41, 5.74) is 7.05. The lowest BCUT2D eigenvalue weighted by Gasteiger charge is -2.11. The molecule has 1 aromatic heterocycles. The van der Waals surface area contributed by atoms with Crippen LogP contribution in [0.2, 0.25) is 15.1 Å². The standard InChI is InChI=1S/C16H11BrCl3N5O/c1-8-14(22-24-25(8)11-4-2-3-9(17)5-11)16(26)23-21-15-12(19)6-10(18)7-13(15)20/h2-7,21H,1H3,(H,23,26). The quantitative estimate of drug-likeness (QED) is 0.518. The number of hydrazine groups is 1. The SMILES string of the molecule is Cc1c(C(=O)NNc2c(Cl)cc(Cl)cc2Cl)nnn1-c1cccc(Br)c1. The van der Waals surface area contributed by atoms with Crippen LogP contribution in [0.4, 0.5) is 5.69 Å². The number of rotatable bonds is 4. The van der Waals surface area contributed by atoms with Crippen molar-refractivity contribution in [3.8, 4) is 5.69 Å². The third-order valence-electron chi connectivity index (χ3n) is 3.47. The van der Waals surface area contributed by atoms with E-state index in [0.717, 1.165) is 10.2 Å². The fraction of sp³-hybridized carbons (Fsp3) is 0.0625. The molecule has 10 heteroatoms. The van der Waals surface area contributed by atoms with Gasteiger partial charge in [-0.2, -0.15) is 0 Å². The van der Waals surface area contributed by atoms with E-state index >= 15 is 0 Å². The molecule has 0 unspecified atom stereocenters. The van der Waals surface area contributed by atoms with Crippen molar-refractivity contribution in [2.75, 3.05) is 5.43 Å². The van der Waals surface area contributed by atoms with Crippen molar-refractivity contribution < 1.29 is 4.79 Å². The molecule has 26 heavy (non-hydrogen) atoms. The van der Waals surface area contributed by atoms with Crippen LogP contribution in [0.1, 0.15) is 16.2 Å². The number of carbonyl (C=O) groups is 1. The minimum Gasteiger partial charge on any atom is -0.295 e. The summed E-state index contributed by atoms with van der Waals surface area (Å²) in [6, 6.07) is 10.5. The molecule has 0 fully saturated rings. The number of aromatic nitrogens is 3. The van der Waals surface area contributed by atoms with Crippen molar-refractivity contribution in [3.05, 3.63) is 67.3 Å². The molecule has 2 aromatic carbocycles. The zero-order valence-corrected chi connectivity index (χ0v) is 17.1. The maximum absolute atomic E-state index is 12.4. The lowest BCUT2D eigenvalue weighted by atomic mass is 10.3. The summed E-state index contributed by atoms with van der Waals surface area (Å²) >= 11 is 21.4. The molecule has 1 amide bonds. The lowest BCUT2D eigenvalue weighted by molar-refractivity contribution is 0.0957. The molecule has 0 bridgehead atoms. The van der Waals surface area contributed by atoms with Crippen molar-refractivity contribution in [2.24, 2.45) is 0 Å². The number of benzene rings is 2. The molecule has 6 nitrogen and oxygen atoms in total. The highest BCUT2D eigenvalue weighted by molar-refractivity contribution is 9.10.